The molecule has 0 unspecified atom stereocenters. The molecule has 0 fully saturated rings. The van der Waals surface area contributed by atoms with Crippen molar-refractivity contribution in [2.24, 2.45) is 5.73 Å². The van der Waals surface area contributed by atoms with Crippen molar-refractivity contribution in [3.8, 4) is 0 Å². The highest BCUT2D eigenvalue weighted by atomic mass is 32.2. The van der Waals surface area contributed by atoms with Gasteiger partial charge in [0.25, 0.3) is 0 Å². The van der Waals surface area contributed by atoms with Crippen LogP contribution in [0.2, 0.25) is 0 Å². The summed E-state index contributed by atoms with van der Waals surface area (Å²) in [5.41, 5.74) is 5.82. The predicted molar refractivity (Wildman–Crippen MR) is 66.9 cm³/mol. The van der Waals surface area contributed by atoms with Gasteiger partial charge in [-0.15, -0.1) is 11.8 Å². The van der Waals surface area contributed by atoms with E-state index < -0.39 is 9.84 Å². The van der Waals surface area contributed by atoms with Crippen LogP contribution in [0, 0.1) is 0 Å². The summed E-state index contributed by atoms with van der Waals surface area (Å²) in [6.07, 6.45) is 0. The zero-order chi connectivity index (χ0) is 12.5. The van der Waals surface area contributed by atoms with Gasteiger partial charge in [0.05, 0.1) is 22.1 Å². The van der Waals surface area contributed by atoms with Crippen molar-refractivity contribution < 1.29 is 13.2 Å². The lowest BCUT2D eigenvalue weighted by atomic mass is 10.3. The first kappa shape index (κ1) is 12.4. The Morgan fingerprint density at radius 3 is 2.88 bits per heavy atom. The lowest BCUT2D eigenvalue weighted by Gasteiger charge is -2.16. The standard InChI is InChI=1S/C10H12N2O3S2/c11-3-4-17(14,15)7-1-2-9-8(5-7)12-10(13)6-16-9/h1-2,5H,3-4,6,11H2,(H,12,13). The lowest BCUT2D eigenvalue weighted by Crippen LogP contribution is -2.20. The van der Waals surface area contributed by atoms with Crippen molar-refractivity contribution in [3.05, 3.63) is 18.2 Å². The topological polar surface area (TPSA) is 89.3 Å². The molecule has 2 rings (SSSR count). The summed E-state index contributed by atoms with van der Waals surface area (Å²) in [6.45, 7) is 0.0839. The smallest absolute Gasteiger partial charge is 0.234 e. The summed E-state index contributed by atoms with van der Waals surface area (Å²) in [5.74, 6) is 0.158. The first-order valence-corrected chi connectivity index (χ1v) is 7.66. The van der Waals surface area contributed by atoms with Gasteiger partial charge in [-0.25, -0.2) is 8.42 Å². The van der Waals surface area contributed by atoms with E-state index in [0.717, 1.165) is 4.90 Å². The number of hydrogen-bond donors (Lipinski definition) is 2. The fourth-order valence-corrected chi connectivity index (χ4v) is 3.44. The normalized spacial score (nSPS) is 15.2. The number of sulfone groups is 1. The fourth-order valence-electron chi connectivity index (χ4n) is 1.53. The third kappa shape index (κ3) is 2.62. The van der Waals surface area contributed by atoms with Gasteiger partial charge in [-0.05, 0) is 18.2 Å². The molecule has 3 N–H and O–H groups in total. The molecule has 1 aliphatic heterocycles. The number of benzene rings is 1. The van der Waals surface area contributed by atoms with Crippen LogP contribution in [0.3, 0.4) is 0 Å². The molecule has 0 saturated heterocycles. The highest BCUT2D eigenvalue weighted by molar-refractivity contribution is 8.00. The van der Waals surface area contributed by atoms with Crippen LogP contribution in [-0.2, 0) is 14.6 Å². The largest absolute Gasteiger partial charge is 0.329 e. The van der Waals surface area contributed by atoms with Crippen molar-refractivity contribution in [2.75, 3.05) is 23.4 Å². The second-order valence-electron chi connectivity index (χ2n) is 3.60. The number of fused-ring (bicyclic) bond motifs is 1. The maximum atomic E-state index is 11.8. The quantitative estimate of drug-likeness (QED) is 0.834. The van der Waals surface area contributed by atoms with E-state index in [1.807, 2.05) is 0 Å². The van der Waals surface area contributed by atoms with E-state index >= 15 is 0 Å². The van der Waals surface area contributed by atoms with Gasteiger partial charge in [0.2, 0.25) is 5.91 Å². The SMILES string of the molecule is NCCS(=O)(=O)c1ccc2c(c1)NC(=O)CS2. The zero-order valence-corrected chi connectivity index (χ0v) is 10.6. The molecule has 1 aromatic rings. The molecule has 1 aromatic carbocycles. The van der Waals surface area contributed by atoms with Crippen LogP contribution in [0.25, 0.3) is 0 Å². The number of amides is 1. The van der Waals surface area contributed by atoms with E-state index in [1.165, 1.54) is 17.8 Å². The van der Waals surface area contributed by atoms with Crippen LogP contribution in [0.4, 0.5) is 5.69 Å². The summed E-state index contributed by atoms with van der Waals surface area (Å²) in [4.78, 5) is 12.3. The van der Waals surface area contributed by atoms with E-state index in [1.54, 1.807) is 12.1 Å². The van der Waals surface area contributed by atoms with E-state index in [4.69, 9.17) is 5.73 Å². The van der Waals surface area contributed by atoms with Gasteiger partial charge < -0.3 is 11.1 Å². The minimum absolute atomic E-state index is 0.0839. The van der Waals surface area contributed by atoms with Crippen LogP contribution < -0.4 is 11.1 Å². The van der Waals surface area contributed by atoms with E-state index in [-0.39, 0.29) is 23.1 Å². The minimum Gasteiger partial charge on any atom is -0.329 e. The van der Waals surface area contributed by atoms with Crippen LogP contribution in [0.15, 0.2) is 28.0 Å². The monoisotopic (exact) mass is 272 g/mol. The number of anilines is 1. The summed E-state index contributed by atoms with van der Waals surface area (Å²) >= 11 is 1.40. The Morgan fingerprint density at radius 1 is 1.41 bits per heavy atom. The predicted octanol–water partition coefficient (Wildman–Crippen LogP) is 0.463. The van der Waals surface area contributed by atoms with Crippen molar-refractivity contribution in [2.45, 2.75) is 9.79 Å². The molecular formula is C10H12N2O3S2. The highest BCUT2D eigenvalue weighted by Gasteiger charge is 2.19. The number of carbonyl (C=O) groups excluding carboxylic acids is 1. The van der Waals surface area contributed by atoms with Gasteiger partial charge >= 0.3 is 0 Å². The highest BCUT2D eigenvalue weighted by Crippen LogP contribution is 2.33. The average molecular weight is 272 g/mol. The third-order valence-electron chi connectivity index (χ3n) is 2.33. The van der Waals surface area contributed by atoms with Crippen molar-refractivity contribution >= 4 is 33.2 Å². The van der Waals surface area contributed by atoms with Crippen LogP contribution in [0.5, 0.6) is 0 Å². The maximum absolute atomic E-state index is 11.8. The molecule has 0 aliphatic carbocycles. The Kier molecular flexibility index (Phi) is 3.41. The molecule has 0 aromatic heterocycles. The molecule has 92 valence electrons. The van der Waals surface area contributed by atoms with Gasteiger partial charge in [-0.2, -0.15) is 0 Å². The number of hydrogen-bond acceptors (Lipinski definition) is 5. The fraction of sp³-hybridized carbons (Fsp3) is 0.300. The molecule has 1 heterocycles. The van der Waals surface area contributed by atoms with Gasteiger partial charge in [0.15, 0.2) is 9.84 Å². The van der Waals surface area contributed by atoms with Crippen molar-refractivity contribution in [1.82, 2.24) is 0 Å². The molecule has 0 radical (unpaired) electrons. The Labute approximate surface area is 104 Å². The molecule has 1 amide bonds. The van der Waals surface area contributed by atoms with Crippen molar-refractivity contribution in [1.29, 1.82) is 0 Å². The lowest BCUT2D eigenvalue weighted by molar-refractivity contribution is -0.113. The Bertz CT molecular complexity index is 555. The first-order chi connectivity index (χ1) is 8.03. The Morgan fingerprint density at radius 2 is 2.18 bits per heavy atom. The van der Waals surface area contributed by atoms with Crippen LogP contribution in [-0.4, -0.2) is 32.4 Å². The molecule has 0 atom stereocenters. The molecule has 0 bridgehead atoms. The zero-order valence-electron chi connectivity index (χ0n) is 8.97. The maximum Gasteiger partial charge on any atom is 0.234 e. The summed E-state index contributed by atoms with van der Waals surface area (Å²) < 4.78 is 23.6. The molecule has 17 heavy (non-hydrogen) atoms. The van der Waals surface area contributed by atoms with Crippen LogP contribution in [0.1, 0.15) is 0 Å². The van der Waals surface area contributed by atoms with Gasteiger partial charge in [-0.1, -0.05) is 0 Å². The number of thioether (sulfide) groups is 1. The van der Waals surface area contributed by atoms with E-state index in [0.29, 0.717) is 11.4 Å². The third-order valence-corrected chi connectivity index (χ3v) is 5.15. The van der Waals surface area contributed by atoms with Crippen molar-refractivity contribution in [3.63, 3.8) is 0 Å². The molecule has 0 saturated carbocycles. The summed E-state index contributed by atoms with van der Waals surface area (Å²) in [7, 11) is -3.35. The second-order valence-corrected chi connectivity index (χ2v) is 6.73. The minimum atomic E-state index is -3.35. The number of nitrogens with two attached hydrogens (primary N) is 1. The number of rotatable bonds is 3. The number of carbonyl (C=O) groups is 1. The molecule has 0 spiro atoms. The molecule has 1 aliphatic rings. The second kappa shape index (κ2) is 4.67. The average Bonchev–Trinajstić information content (AvgIpc) is 2.28. The molecule has 7 heteroatoms. The first-order valence-electron chi connectivity index (χ1n) is 5.02. The molecule has 5 nitrogen and oxygen atoms in total. The Balaban J connectivity index is 2.39. The summed E-state index contributed by atoms with van der Waals surface area (Å²) in [6, 6.07) is 4.75. The van der Waals surface area contributed by atoms with Gasteiger partial charge in [0.1, 0.15) is 0 Å². The summed E-state index contributed by atoms with van der Waals surface area (Å²) in [5, 5.41) is 2.66. The van der Waals surface area contributed by atoms with E-state index in [2.05, 4.69) is 5.32 Å². The Hall–Kier alpha value is -1.05. The van der Waals surface area contributed by atoms with Gasteiger partial charge in [0, 0.05) is 11.4 Å². The van der Waals surface area contributed by atoms with E-state index in [9.17, 15) is 13.2 Å². The molecular weight excluding hydrogens is 260 g/mol. The van der Waals surface area contributed by atoms with Gasteiger partial charge in [-0.3, -0.25) is 4.79 Å². The number of nitrogens with one attached hydrogen (secondary N) is 1. The van der Waals surface area contributed by atoms with Crippen LogP contribution >= 0.6 is 11.8 Å².